The molecule has 1 rings (SSSR count). The van der Waals surface area contributed by atoms with E-state index in [0.29, 0.717) is 6.04 Å². The molecule has 0 unspecified atom stereocenters. The largest absolute Gasteiger partial charge is 0.338 e. The van der Waals surface area contributed by atoms with Crippen molar-refractivity contribution in [2.75, 3.05) is 11.4 Å². The zero-order chi connectivity index (χ0) is 14.8. The fourth-order valence-corrected chi connectivity index (χ4v) is 2.58. The molecule has 0 aliphatic carbocycles. The molecule has 0 fully saturated rings. The fraction of sp³-hybridized carbons (Fsp3) is 0.765. The van der Waals surface area contributed by atoms with Gasteiger partial charge in [-0.3, -0.25) is 0 Å². The standard InChI is InChI=1S/C17H31N3/c1-5-9-12-20(16(10-6-2)11-7-3)17-18-13-15(8-4)14-19-17/h13-14,16H,5-12H2,1-4H3. The first kappa shape index (κ1) is 16.9. The van der Waals surface area contributed by atoms with Crippen LogP contribution in [0.5, 0.6) is 0 Å². The Hall–Kier alpha value is -1.12. The molecule has 114 valence electrons. The topological polar surface area (TPSA) is 29.0 Å². The van der Waals surface area contributed by atoms with Gasteiger partial charge in [0.25, 0.3) is 0 Å². The molecule has 0 bridgehead atoms. The summed E-state index contributed by atoms with van der Waals surface area (Å²) >= 11 is 0. The predicted molar refractivity (Wildman–Crippen MR) is 87.3 cm³/mol. The highest BCUT2D eigenvalue weighted by Crippen LogP contribution is 2.19. The van der Waals surface area contributed by atoms with Crippen molar-refractivity contribution in [2.45, 2.75) is 78.7 Å². The van der Waals surface area contributed by atoms with E-state index in [-0.39, 0.29) is 0 Å². The van der Waals surface area contributed by atoms with Gasteiger partial charge in [0.1, 0.15) is 0 Å². The number of nitrogens with zero attached hydrogens (tertiary/aromatic N) is 3. The third kappa shape index (κ3) is 5.10. The number of rotatable bonds is 10. The van der Waals surface area contributed by atoms with Crippen molar-refractivity contribution in [2.24, 2.45) is 0 Å². The summed E-state index contributed by atoms with van der Waals surface area (Å²) in [5.74, 6) is 0.919. The van der Waals surface area contributed by atoms with Crippen LogP contribution in [0.25, 0.3) is 0 Å². The molecule has 0 atom stereocenters. The van der Waals surface area contributed by atoms with Gasteiger partial charge >= 0.3 is 0 Å². The molecule has 0 radical (unpaired) electrons. The molecule has 3 heteroatoms. The van der Waals surface area contributed by atoms with E-state index in [0.717, 1.165) is 18.9 Å². The van der Waals surface area contributed by atoms with Gasteiger partial charge in [0.05, 0.1) is 0 Å². The van der Waals surface area contributed by atoms with Crippen LogP contribution in [0.1, 0.15) is 71.8 Å². The van der Waals surface area contributed by atoms with Crippen LogP contribution in [0.15, 0.2) is 12.4 Å². The van der Waals surface area contributed by atoms with Crippen molar-refractivity contribution in [3.8, 4) is 0 Å². The fourth-order valence-electron chi connectivity index (χ4n) is 2.58. The van der Waals surface area contributed by atoms with Crippen LogP contribution in [-0.2, 0) is 6.42 Å². The maximum absolute atomic E-state index is 4.60. The second-order valence-corrected chi connectivity index (χ2v) is 5.52. The molecule has 20 heavy (non-hydrogen) atoms. The van der Waals surface area contributed by atoms with Gasteiger partial charge < -0.3 is 4.90 Å². The normalized spacial score (nSPS) is 11.1. The number of hydrogen-bond donors (Lipinski definition) is 0. The van der Waals surface area contributed by atoms with Crippen LogP contribution in [-0.4, -0.2) is 22.6 Å². The van der Waals surface area contributed by atoms with Gasteiger partial charge in [0.2, 0.25) is 5.95 Å². The number of anilines is 1. The van der Waals surface area contributed by atoms with Crippen LogP contribution in [0.3, 0.4) is 0 Å². The summed E-state index contributed by atoms with van der Waals surface area (Å²) in [7, 11) is 0. The highest BCUT2D eigenvalue weighted by molar-refractivity contribution is 5.31. The second kappa shape index (κ2) is 9.73. The minimum atomic E-state index is 0.587. The average molecular weight is 277 g/mol. The zero-order valence-corrected chi connectivity index (χ0v) is 13.7. The summed E-state index contributed by atoms with van der Waals surface area (Å²) in [4.78, 5) is 11.6. The van der Waals surface area contributed by atoms with Crippen LogP contribution in [0.2, 0.25) is 0 Å². The molecule has 0 aliphatic heterocycles. The van der Waals surface area contributed by atoms with Crippen molar-refractivity contribution in [1.82, 2.24) is 9.97 Å². The van der Waals surface area contributed by atoms with Crippen LogP contribution in [0.4, 0.5) is 5.95 Å². The summed E-state index contributed by atoms with van der Waals surface area (Å²) in [6.07, 6.45) is 12.3. The van der Waals surface area contributed by atoms with Gasteiger partial charge in [-0.2, -0.15) is 0 Å². The van der Waals surface area contributed by atoms with E-state index in [2.05, 4.69) is 42.6 Å². The lowest BCUT2D eigenvalue weighted by molar-refractivity contribution is 0.489. The lowest BCUT2D eigenvalue weighted by Gasteiger charge is -2.31. The number of unbranched alkanes of at least 4 members (excludes halogenated alkanes) is 1. The van der Waals surface area contributed by atoms with Crippen molar-refractivity contribution in [3.63, 3.8) is 0 Å². The molecule has 1 heterocycles. The van der Waals surface area contributed by atoms with Gasteiger partial charge in [-0.25, -0.2) is 9.97 Å². The smallest absolute Gasteiger partial charge is 0.225 e. The Morgan fingerprint density at radius 1 is 0.950 bits per heavy atom. The molecular formula is C17H31N3. The maximum atomic E-state index is 4.60. The molecule has 0 amide bonds. The number of aromatic nitrogens is 2. The molecule has 0 spiro atoms. The highest BCUT2D eigenvalue weighted by Gasteiger charge is 2.19. The lowest BCUT2D eigenvalue weighted by atomic mass is 10.0. The summed E-state index contributed by atoms with van der Waals surface area (Å²) in [5.41, 5.74) is 1.21. The summed E-state index contributed by atoms with van der Waals surface area (Å²) in [5, 5.41) is 0. The van der Waals surface area contributed by atoms with Crippen molar-refractivity contribution >= 4 is 5.95 Å². The maximum Gasteiger partial charge on any atom is 0.225 e. The number of aryl methyl sites for hydroxylation is 1. The van der Waals surface area contributed by atoms with Crippen molar-refractivity contribution in [3.05, 3.63) is 18.0 Å². The van der Waals surface area contributed by atoms with Crippen molar-refractivity contribution < 1.29 is 0 Å². The Morgan fingerprint density at radius 3 is 2.00 bits per heavy atom. The zero-order valence-electron chi connectivity index (χ0n) is 13.7. The molecule has 3 nitrogen and oxygen atoms in total. The van der Waals surface area contributed by atoms with E-state index < -0.39 is 0 Å². The van der Waals surface area contributed by atoms with Crippen LogP contribution in [0, 0.1) is 0 Å². The molecule has 1 aromatic rings. The lowest BCUT2D eigenvalue weighted by Crippen LogP contribution is -2.37. The molecule has 0 aromatic carbocycles. The molecule has 0 aliphatic rings. The highest BCUT2D eigenvalue weighted by atomic mass is 15.3. The van der Waals surface area contributed by atoms with E-state index >= 15 is 0 Å². The van der Waals surface area contributed by atoms with E-state index in [1.165, 1.54) is 44.1 Å². The van der Waals surface area contributed by atoms with Gasteiger partial charge in [0, 0.05) is 25.0 Å². The SMILES string of the molecule is CCCCN(c1ncc(CC)cn1)C(CCC)CCC. The van der Waals surface area contributed by atoms with Gasteiger partial charge in [0.15, 0.2) is 0 Å². The minimum Gasteiger partial charge on any atom is -0.338 e. The Balaban J connectivity index is 2.88. The summed E-state index contributed by atoms with van der Waals surface area (Å²) in [6, 6.07) is 0.587. The predicted octanol–water partition coefficient (Wildman–Crippen LogP) is 4.61. The first-order chi connectivity index (χ1) is 9.76. The van der Waals surface area contributed by atoms with Gasteiger partial charge in [-0.05, 0) is 31.2 Å². The number of hydrogen-bond acceptors (Lipinski definition) is 3. The Morgan fingerprint density at radius 2 is 1.55 bits per heavy atom. The van der Waals surface area contributed by atoms with Gasteiger partial charge in [-0.15, -0.1) is 0 Å². The van der Waals surface area contributed by atoms with Gasteiger partial charge in [-0.1, -0.05) is 47.0 Å². The molecule has 0 saturated heterocycles. The Bertz CT molecular complexity index is 342. The van der Waals surface area contributed by atoms with E-state index in [9.17, 15) is 0 Å². The Kier molecular flexibility index (Phi) is 8.24. The molecule has 1 aromatic heterocycles. The average Bonchev–Trinajstić information content (AvgIpc) is 2.48. The molecule has 0 N–H and O–H groups in total. The van der Waals surface area contributed by atoms with E-state index in [1.54, 1.807) is 0 Å². The quantitative estimate of drug-likeness (QED) is 0.625. The van der Waals surface area contributed by atoms with E-state index in [4.69, 9.17) is 0 Å². The molecular weight excluding hydrogens is 246 g/mol. The third-order valence-electron chi connectivity index (χ3n) is 3.79. The minimum absolute atomic E-state index is 0.587. The van der Waals surface area contributed by atoms with Crippen LogP contribution < -0.4 is 4.90 Å². The summed E-state index contributed by atoms with van der Waals surface area (Å²) < 4.78 is 0. The summed E-state index contributed by atoms with van der Waals surface area (Å²) in [6.45, 7) is 9.99. The van der Waals surface area contributed by atoms with Crippen molar-refractivity contribution in [1.29, 1.82) is 0 Å². The van der Waals surface area contributed by atoms with Crippen LogP contribution >= 0.6 is 0 Å². The molecule has 0 saturated carbocycles. The monoisotopic (exact) mass is 277 g/mol. The first-order valence-corrected chi connectivity index (χ1v) is 8.34. The first-order valence-electron chi connectivity index (χ1n) is 8.34. The second-order valence-electron chi connectivity index (χ2n) is 5.52. The Labute approximate surface area is 124 Å². The van der Waals surface area contributed by atoms with E-state index in [1.807, 2.05) is 12.4 Å². The third-order valence-corrected chi connectivity index (χ3v) is 3.79.